The Morgan fingerprint density at radius 1 is 1.42 bits per heavy atom. The lowest BCUT2D eigenvalue weighted by Crippen LogP contribution is -2.44. The van der Waals surface area contributed by atoms with Crippen LogP contribution in [0, 0.1) is 11.3 Å². The molecule has 1 saturated carbocycles. The molecule has 1 amide bonds. The quantitative estimate of drug-likeness (QED) is 0.859. The Balaban J connectivity index is 1.73. The molecule has 2 unspecified atom stereocenters. The summed E-state index contributed by atoms with van der Waals surface area (Å²) in [5, 5.41) is 9.17. The molecule has 130 valence electrons. The average Bonchev–Trinajstić information content (AvgIpc) is 2.89. The highest BCUT2D eigenvalue weighted by molar-refractivity contribution is 5.75. The van der Waals surface area contributed by atoms with Crippen molar-refractivity contribution >= 4 is 12.1 Å². The number of carbonyl (C=O) groups excluding carboxylic acids is 1. The van der Waals surface area contributed by atoms with Crippen molar-refractivity contribution in [2.24, 2.45) is 11.3 Å². The molecule has 3 aliphatic rings. The highest BCUT2D eigenvalue weighted by Gasteiger charge is 2.37. The second-order valence-electron chi connectivity index (χ2n) is 7.55. The first-order chi connectivity index (χ1) is 11.4. The van der Waals surface area contributed by atoms with Gasteiger partial charge in [0.1, 0.15) is 6.61 Å². The molecule has 1 heterocycles. The van der Waals surface area contributed by atoms with Gasteiger partial charge in [-0.2, -0.15) is 0 Å². The van der Waals surface area contributed by atoms with Gasteiger partial charge >= 0.3 is 12.1 Å². The van der Waals surface area contributed by atoms with Crippen molar-refractivity contribution in [2.75, 3.05) is 13.2 Å². The number of carboxylic acids is 1. The van der Waals surface area contributed by atoms with E-state index in [1.807, 2.05) is 12.2 Å². The lowest BCUT2D eigenvalue weighted by molar-refractivity contribution is -0.149. The SMILES string of the molecule is CC(C)(COC(=O)N1CC=CC=C2C=C3CCCC3CC21)C(=O)O. The number of hydrogen-bond acceptors (Lipinski definition) is 3. The molecule has 0 spiro atoms. The van der Waals surface area contributed by atoms with Crippen LogP contribution in [0.3, 0.4) is 0 Å². The number of hydrogen-bond donors (Lipinski definition) is 1. The van der Waals surface area contributed by atoms with Crippen molar-refractivity contribution < 1.29 is 19.4 Å². The Labute approximate surface area is 142 Å². The molecule has 0 aromatic rings. The number of amides is 1. The summed E-state index contributed by atoms with van der Waals surface area (Å²) >= 11 is 0. The molecule has 2 aliphatic carbocycles. The van der Waals surface area contributed by atoms with E-state index in [9.17, 15) is 9.59 Å². The molecule has 0 bridgehead atoms. The van der Waals surface area contributed by atoms with Gasteiger partial charge in [-0.25, -0.2) is 4.79 Å². The smallest absolute Gasteiger partial charge is 0.410 e. The topological polar surface area (TPSA) is 66.8 Å². The van der Waals surface area contributed by atoms with Crippen LogP contribution in [0.5, 0.6) is 0 Å². The van der Waals surface area contributed by atoms with Gasteiger partial charge in [-0.05, 0) is 51.0 Å². The maximum absolute atomic E-state index is 12.6. The predicted molar refractivity (Wildman–Crippen MR) is 90.5 cm³/mol. The number of allylic oxidation sites excluding steroid dienone is 3. The Hall–Kier alpha value is -2.04. The maximum Gasteiger partial charge on any atom is 0.410 e. The third-order valence-electron chi connectivity index (χ3n) is 5.26. The molecular weight excluding hydrogens is 306 g/mol. The summed E-state index contributed by atoms with van der Waals surface area (Å²) in [5.74, 6) is -0.404. The standard InChI is InChI=1S/C19H25NO4/c1-19(2,17(21)22)12-24-18(23)20-9-4-3-6-15-10-13-7-5-8-14(13)11-16(15)20/h3-4,6,10,14,16H,5,7-9,11-12H2,1-2H3,(H,21,22). The minimum Gasteiger partial charge on any atom is -0.481 e. The fraction of sp³-hybridized carbons (Fsp3) is 0.579. The van der Waals surface area contributed by atoms with E-state index in [-0.39, 0.29) is 12.6 Å². The van der Waals surface area contributed by atoms with Gasteiger partial charge in [-0.15, -0.1) is 0 Å². The van der Waals surface area contributed by atoms with Gasteiger partial charge in [0.25, 0.3) is 0 Å². The van der Waals surface area contributed by atoms with E-state index >= 15 is 0 Å². The second kappa shape index (κ2) is 6.46. The highest BCUT2D eigenvalue weighted by Crippen LogP contribution is 2.42. The van der Waals surface area contributed by atoms with Gasteiger partial charge in [0, 0.05) is 6.54 Å². The zero-order valence-electron chi connectivity index (χ0n) is 14.3. The molecule has 1 N–H and O–H groups in total. The number of rotatable bonds is 3. The van der Waals surface area contributed by atoms with E-state index in [0.717, 1.165) is 18.4 Å². The Morgan fingerprint density at radius 2 is 2.21 bits per heavy atom. The Morgan fingerprint density at radius 3 is 2.96 bits per heavy atom. The summed E-state index contributed by atoms with van der Waals surface area (Å²) in [7, 11) is 0. The van der Waals surface area contributed by atoms with E-state index < -0.39 is 17.5 Å². The first-order valence-electron chi connectivity index (χ1n) is 8.62. The molecule has 5 nitrogen and oxygen atoms in total. The average molecular weight is 331 g/mol. The molecule has 24 heavy (non-hydrogen) atoms. The van der Waals surface area contributed by atoms with Gasteiger partial charge in [0.15, 0.2) is 0 Å². The van der Waals surface area contributed by atoms with Crippen molar-refractivity contribution in [3.8, 4) is 0 Å². The molecular formula is C19H25NO4. The molecule has 5 heteroatoms. The number of carbonyl (C=O) groups is 2. The monoisotopic (exact) mass is 331 g/mol. The molecule has 1 fully saturated rings. The van der Waals surface area contributed by atoms with Crippen molar-refractivity contribution in [3.05, 3.63) is 35.5 Å². The molecule has 3 rings (SSSR count). The summed E-state index contributed by atoms with van der Waals surface area (Å²) in [6.07, 6.45) is 12.4. The van der Waals surface area contributed by atoms with Gasteiger partial charge in [-0.3, -0.25) is 9.69 Å². The zero-order chi connectivity index (χ0) is 17.3. The number of aliphatic carboxylic acids is 1. The minimum absolute atomic E-state index is 0.0206. The number of nitrogens with zero attached hydrogens (tertiary/aromatic N) is 1. The minimum atomic E-state index is -1.08. The van der Waals surface area contributed by atoms with Crippen LogP contribution in [0.25, 0.3) is 0 Å². The summed E-state index contributed by atoms with van der Waals surface area (Å²) in [6.45, 7) is 3.49. The molecule has 2 atom stereocenters. The van der Waals surface area contributed by atoms with Crippen LogP contribution in [-0.2, 0) is 9.53 Å². The largest absolute Gasteiger partial charge is 0.481 e. The van der Waals surface area contributed by atoms with Crippen molar-refractivity contribution in [2.45, 2.75) is 45.6 Å². The van der Waals surface area contributed by atoms with Crippen LogP contribution in [0.2, 0.25) is 0 Å². The molecule has 0 aromatic heterocycles. The molecule has 1 aliphatic heterocycles. The van der Waals surface area contributed by atoms with Crippen LogP contribution in [0.4, 0.5) is 4.79 Å². The van der Waals surface area contributed by atoms with Crippen molar-refractivity contribution in [3.63, 3.8) is 0 Å². The second-order valence-corrected chi connectivity index (χ2v) is 7.55. The first-order valence-corrected chi connectivity index (χ1v) is 8.62. The van der Waals surface area contributed by atoms with E-state index in [4.69, 9.17) is 9.84 Å². The summed E-state index contributed by atoms with van der Waals surface area (Å²) in [6, 6.07) is 0.0206. The number of carboxylic acid groups (broad SMARTS) is 1. The fourth-order valence-electron chi connectivity index (χ4n) is 3.65. The van der Waals surface area contributed by atoms with E-state index in [0.29, 0.717) is 12.5 Å². The third kappa shape index (κ3) is 3.25. The zero-order valence-corrected chi connectivity index (χ0v) is 14.3. The highest BCUT2D eigenvalue weighted by atomic mass is 16.6. The van der Waals surface area contributed by atoms with Crippen LogP contribution in [0.1, 0.15) is 39.5 Å². The lowest BCUT2D eigenvalue weighted by atomic mass is 9.83. The van der Waals surface area contributed by atoms with Crippen molar-refractivity contribution in [1.29, 1.82) is 0 Å². The predicted octanol–water partition coefficient (Wildman–Crippen LogP) is 3.53. The van der Waals surface area contributed by atoms with Crippen molar-refractivity contribution in [1.82, 2.24) is 4.90 Å². The molecule has 0 aromatic carbocycles. The van der Waals surface area contributed by atoms with Gasteiger partial charge in [0.2, 0.25) is 0 Å². The summed E-state index contributed by atoms with van der Waals surface area (Å²) in [4.78, 5) is 25.5. The summed E-state index contributed by atoms with van der Waals surface area (Å²) in [5.41, 5.74) is 1.58. The third-order valence-corrected chi connectivity index (χ3v) is 5.26. The van der Waals surface area contributed by atoms with Crippen LogP contribution < -0.4 is 0 Å². The lowest BCUT2D eigenvalue weighted by Gasteiger charge is -2.36. The van der Waals surface area contributed by atoms with E-state index in [1.165, 1.54) is 18.4 Å². The summed E-state index contributed by atoms with van der Waals surface area (Å²) < 4.78 is 5.35. The molecule has 0 saturated heterocycles. The maximum atomic E-state index is 12.6. The Kier molecular flexibility index (Phi) is 4.52. The van der Waals surface area contributed by atoms with Crippen LogP contribution in [-0.4, -0.2) is 41.3 Å². The van der Waals surface area contributed by atoms with Crippen LogP contribution in [0.15, 0.2) is 35.5 Å². The first kappa shape index (κ1) is 16.8. The fourth-order valence-corrected chi connectivity index (χ4v) is 3.65. The molecule has 0 radical (unpaired) electrons. The normalized spacial score (nSPS) is 26.0. The van der Waals surface area contributed by atoms with Gasteiger partial charge in [-0.1, -0.05) is 29.9 Å². The van der Waals surface area contributed by atoms with Gasteiger partial charge < -0.3 is 9.84 Å². The Bertz CT molecular complexity index is 629. The van der Waals surface area contributed by atoms with E-state index in [2.05, 4.69) is 12.2 Å². The van der Waals surface area contributed by atoms with Gasteiger partial charge in [0.05, 0.1) is 11.5 Å². The number of fused-ring (bicyclic) bond motifs is 2. The van der Waals surface area contributed by atoms with E-state index in [1.54, 1.807) is 18.7 Å². The van der Waals surface area contributed by atoms with Crippen LogP contribution >= 0.6 is 0 Å². The number of ether oxygens (including phenoxy) is 1.